The number of aromatic carboxylic acids is 1. The predicted octanol–water partition coefficient (Wildman–Crippen LogP) is 1.34. The van der Waals surface area contributed by atoms with Gasteiger partial charge in [-0.05, 0) is 18.2 Å². The second kappa shape index (κ2) is 5.39. The number of rotatable bonds is 4. The van der Waals surface area contributed by atoms with Crippen LogP contribution >= 0.6 is 0 Å². The fraction of sp³-hybridized carbons (Fsp3) is 0.167. The maximum atomic E-state index is 11.9. The summed E-state index contributed by atoms with van der Waals surface area (Å²) in [5, 5.41) is 14.9. The van der Waals surface area contributed by atoms with Crippen LogP contribution in [0.2, 0.25) is 0 Å². The number of hydrogen-bond donors (Lipinski definition) is 2. The molecule has 1 heterocycles. The maximum Gasteiger partial charge on any atom is 0.335 e. The number of nitrogens with one attached hydrogen (secondary N) is 1. The summed E-state index contributed by atoms with van der Waals surface area (Å²) in [4.78, 5) is 26.6. The second-order valence-corrected chi connectivity index (χ2v) is 3.81. The van der Waals surface area contributed by atoms with E-state index in [-0.39, 0.29) is 23.0 Å². The van der Waals surface area contributed by atoms with E-state index in [9.17, 15) is 9.59 Å². The van der Waals surface area contributed by atoms with E-state index >= 15 is 0 Å². The Morgan fingerprint density at radius 1 is 1.40 bits per heavy atom. The van der Waals surface area contributed by atoms with E-state index in [1.54, 1.807) is 6.92 Å². The van der Waals surface area contributed by atoms with Crippen LogP contribution in [-0.2, 0) is 0 Å². The normalized spacial score (nSPS) is 10.1. The van der Waals surface area contributed by atoms with Crippen molar-refractivity contribution in [3.05, 3.63) is 35.5 Å². The minimum atomic E-state index is -1.11. The van der Waals surface area contributed by atoms with Crippen molar-refractivity contribution < 1.29 is 24.0 Å². The van der Waals surface area contributed by atoms with Crippen LogP contribution in [0.25, 0.3) is 0 Å². The molecule has 0 unspecified atom stereocenters. The van der Waals surface area contributed by atoms with Crippen LogP contribution in [0.5, 0.6) is 5.75 Å². The summed E-state index contributed by atoms with van der Waals surface area (Å²) in [5.74, 6) is -1.31. The van der Waals surface area contributed by atoms with Gasteiger partial charge in [0.1, 0.15) is 5.75 Å². The van der Waals surface area contributed by atoms with Gasteiger partial charge in [0.15, 0.2) is 0 Å². The Balaban J connectivity index is 2.29. The highest BCUT2D eigenvalue weighted by Gasteiger charge is 2.16. The molecule has 0 saturated carbocycles. The van der Waals surface area contributed by atoms with Gasteiger partial charge >= 0.3 is 5.97 Å². The molecule has 8 heteroatoms. The monoisotopic (exact) mass is 277 g/mol. The summed E-state index contributed by atoms with van der Waals surface area (Å²) in [5.41, 5.74) is 0.227. The number of nitrogens with zero attached hydrogens (tertiary/aromatic N) is 2. The van der Waals surface area contributed by atoms with Gasteiger partial charge in [-0.1, -0.05) is 5.16 Å². The summed E-state index contributed by atoms with van der Waals surface area (Å²) < 4.78 is 9.74. The lowest BCUT2D eigenvalue weighted by atomic mass is 10.2. The first-order valence-corrected chi connectivity index (χ1v) is 5.54. The number of benzene rings is 1. The first kappa shape index (κ1) is 13.5. The van der Waals surface area contributed by atoms with Gasteiger partial charge in [-0.2, -0.15) is 4.98 Å². The van der Waals surface area contributed by atoms with Gasteiger partial charge in [0.05, 0.1) is 18.4 Å². The number of carboxylic acid groups (broad SMARTS) is 1. The molecule has 1 amide bonds. The van der Waals surface area contributed by atoms with E-state index in [0.29, 0.717) is 5.75 Å². The van der Waals surface area contributed by atoms with Crippen molar-refractivity contribution in [3.8, 4) is 5.75 Å². The number of aromatic nitrogens is 2. The Labute approximate surface area is 113 Å². The molecular weight excluding hydrogens is 266 g/mol. The summed E-state index contributed by atoms with van der Waals surface area (Å²) in [6.07, 6.45) is 0. The van der Waals surface area contributed by atoms with Crippen molar-refractivity contribution in [2.75, 3.05) is 12.4 Å². The molecule has 2 rings (SSSR count). The summed E-state index contributed by atoms with van der Waals surface area (Å²) in [6, 6.07) is 4.10. The average molecular weight is 277 g/mol. The molecule has 0 spiro atoms. The number of amides is 1. The molecular formula is C12H11N3O5. The van der Waals surface area contributed by atoms with Crippen molar-refractivity contribution in [1.82, 2.24) is 10.1 Å². The van der Waals surface area contributed by atoms with Crippen LogP contribution in [-0.4, -0.2) is 34.2 Å². The SMILES string of the molecule is COc1ccc(C(=O)O)cc1NC(=O)c1noc(C)n1. The molecule has 0 fully saturated rings. The maximum absolute atomic E-state index is 11.9. The highest BCUT2D eigenvalue weighted by atomic mass is 16.5. The van der Waals surface area contributed by atoms with E-state index in [4.69, 9.17) is 14.4 Å². The highest BCUT2D eigenvalue weighted by molar-refractivity contribution is 6.03. The van der Waals surface area contributed by atoms with Gasteiger partial charge in [0.25, 0.3) is 11.7 Å². The van der Waals surface area contributed by atoms with Gasteiger partial charge < -0.3 is 19.7 Å². The third-order valence-electron chi connectivity index (χ3n) is 2.43. The number of carboxylic acids is 1. The van der Waals surface area contributed by atoms with Crippen LogP contribution in [0.4, 0.5) is 5.69 Å². The minimum absolute atomic E-state index is 0.0189. The van der Waals surface area contributed by atoms with Crippen LogP contribution in [0.3, 0.4) is 0 Å². The number of methoxy groups -OCH3 is 1. The molecule has 0 bridgehead atoms. The quantitative estimate of drug-likeness (QED) is 0.866. The smallest absolute Gasteiger partial charge is 0.335 e. The molecule has 0 saturated heterocycles. The number of carbonyl (C=O) groups excluding carboxylic acids is 1. The number of carbonyl (C=O) groups is 2. The predicted molar refractivity (Wildman–Crippen MR) is 66.9 cm³/mol. The average Bonchev–Trinajstić information content (AvgIpc) is 2.85. The molecule has 0 aliphatic rings. The van der Waals surface area contributed by atoms with Crippen LogP contribution in [0.1, 0.15) is 26.9 Å². The van der Waals surface area contributed by atoms with E-state index in [1.807, 2.05) is 0 Å². The zero-order chi connectivity index (χ0) is 14.7. The lowest BCUT2D eigenvalue weighted by molar-refractivity contribution is 0.0696. The van der Waals surface area contributed by atoms with Gasteiger partial charge in [-0.3, -0.25) is 4.79 Å². The zero-order valence-corrected chi connectivity index (χ0v) is 10.7. The summed E-state index contributed by atoms with van der Waals surface area (Å²) >= 11 is 0. The molecule has 0 atom stereocenters. The Kier molecular flexibility index (Phi) is 3.65. The summed E-state index contributed by atoms with van der Waals surface area (Å²) in [7, 11) is 1.41. The molecule has 104 valence electrons. The number of aryl methyl sites for hydroxylation is 1. The molecule has 1 aromatic carbocycles. The largest absolute Gasteiger partial charge is 0.495 e. The molecule has 2 aromatic rings. The van der Waals surface area contributed by atoms with Gasteiger partial charge in [-0.25, -0.2) is 4.79 Å². The summed E-state index contributed by atoms with van der Waals surface area (Å²) in [6.45, 7) is 1.55. The molecule has 8 nitrogen and oxygen atoms in total. The van der Waals surface area contributed by atoms with Crippen molar-refractivity contribution in [1.29, 1.82) is 0 Å². The fourth-order valence-corrected chi connectivity index (χ4v) is 1.51. The third-order valence-corrected chi connectivity index (χ3v) is 2.43. The van der Waals surface area contributed by atoms with Gasteiger partial charge in [-0.15, -0.1) is 0 Å². The lowest BCUT2D eigenvalue weighted by Crippen LogP contribution is -2.15. The molecule has 1 aromatic heterocycles. The first-order chi connectivity index (χ1) is 9.51. The fourth-order valence-electron chi connectivity index (χ4n) is 1.51. The molecule has 2 N–H and O–H groups in total. The Bertz CT molecular complexity index is 665. The Morgan fingerprint density at radius 3 is 2.70 bits per heavy atom. The van der Waals surface area contributed by atoms with Crippen LogP contribution < -0.4 is 10.1 Å². The highest BCUT2D eigenvalue weighted by Crippen LogP contribution is 2.25. The standard InChI is InChI=1S/C12H11N3O5/c1-6-13-10(15-20-6)11(16)14-8-5-7(12(17)18)3-4-9(8)19-2/h3-5H,1-2H3,(H,14,16)(H,17,18). The van der Waals surface area contributed by atoms with Crippen molar-refractivity contribution in [2.45, 2.75) is 6.92 Å². The number of ether oxygens (including phenoxy) is 1. The second-order valence-electron chi connectivity index (χ2n) is 3.81. The number of hydrogen-bond acceptors (Lipinski definition) is 6. The van der Waals surface area contributed by atoms with Gasteiger partial charge in [0.2, 0.25) is 5.89 Å². The van der Waals surface area contributed by atoms with Crippen molar-refractivity contribution in [3.63, 3.8) is 0 Å². The zero-order valence-electron chi connectivity index (χ0n) is 10.7. The van der Waals surface area contributed by atoms with Gasteiger partial charge in [0, 0.05) is 6.92 Å². The first-order valence-electron chi connectivity index (χ1n) is 5.54. The van der Waals surface area contributed by atoms with Crippen LogP contribution in [0.15, 0.2) is 22.7 Å². The minimum Gasteiger partial charge on any atom is -0.495 e. The van der Waals surface area contributed by atoms with E-state index in [1.165, 1.54) is 25.3 Å². The topological polar surface area (TPSA) is 115 Å². The lowest BCUT2D eigenvalue weighted by Gasteiger charge is -2.09. The molecule has 0 radical (unpaired) electrons. The molecule has 20 heavy (non-hydrogen) atoms. The van der Waals surface area contributed by atoms with E-state index in [0.717, 1.165) is 0 Å². The Morgan fingerprint density at radius 2 is 2.15 bits per heavy atom. The van der Waals surface area contributed by atoms with Crippen molar-refractivity contribution in [2.24, 2.45) is 0 Å². The van der Waals surface area contributed by atoms with Crippen molar-refractivity contribution >= 4 is 17.6 Å². The molecule has 0 aliphatic heterocycles. The third kappa shape index (κ3) is 2.74. The molecule has 0 aliphatic carbocycles. The number of anilines is 1. The van der Waals surface area contributed by atoms with Crippen LogP contribution in [0, 0.1) is 6.92 Å². The Hall–Kier alpha value is -2.90. The van der Waals surface area contributed by atoms with E-state index in [2.05, 4.69) is 15.5 Å². The van der Waals surface area contributed by atoms with E-state index < -0.39 is 11.9 Å².